The molecule has 0 saturated heterocycles. The van der Waals surface area contributed by atoms with Gasteiger partial charge in [0.2, 0.25) is 11.7 Å². The van der Waals surface area contributed by atoms with Crippen molar-refractivity contribution in [2.45, 2.75) is 6.61 Å². The van der Waals surface area contributed by atoms with Gasteiger partial charge in [-0.3, -0.25) is 14.9 Å². The standard InChI is InChI=1S/C14H11FN2O4/c15-12-7-9(1-6-13(12)17(19)20)8-21-11-4-2-10(3-5-11)14(16)18/h1-7H,8H2,(H2,16,18). The van der Waals surface area contributed by atoms with E-state index in [0.717, 1.165) is 12.1 Å². The number of nitro groups is 1. The first-order chi connectivity index (χ1) is 9.97. The number of primary amides is 1. The van der Waals surface area contributed by atoms with Crippen molar-refractivity contribution >= 4 is 11.6 Å². The van der Waals surface area contributed by atoms with Gasteiger partial charge in [-0.15, -0.1) is 0 Å². The lowest BCUT2D eigenvalue weighted by Gasteiger charge is -2.07. The van der Waals surface area contributed by atoms with Gasteiger partial charge in [0, 0.05) is 11.6 Å². The molecule has 0 spiro atoms. The van der Waals surface area contributed by atoms with Crippen LogP contribution < -0.4 is 10.5 Å². The molecule has 21 heavy (non-hydrogen) atoms. The van der Waals surface area contributed by atoms with Crippen LogP contribution in [0.1, 0.15) is 15.9 Å². The van der Waals surface area contributed by atoms with Gasteiger partial charge in [0.15, 0.2) is 0 Å². The first-order valence-corrected chi connectivity index (χ1v) is 5.93. The Labute approximate surface area is 119 Å². The van der Waals surface area contributed by atoms with Gasteiger partial charge < -0.3 is 10.5 Å². The molecule has 0 aromatic heterocycles. The first-order valence-electron chi connectivity index (χ1n) is 5.93. The number of carbonyl (C=O) groups is 1. The Balaban J connectivity index is 2.04. The highest BCUT2D eigenvalue weighted by Gasteiger charge is 2.13. The molecule has 0 aliphatic rings. The van der Waals surface area contributed by atoms with Crippen LogP contribution in [0.25, 0.3) is 0 Å². The van der Waals surface area contributed by atoms with Gasteiger partial charge in [-0.25, -0.2) is 0 Å². The number of ether oxygens (including phenoxy) is 1. The number of carbonyl (C=O) groups excluding carboxylic acids is 1. The fourth-order valence-electron chi connectivity index (χ4n) is 1.67. The lowest BCUT2D eigenvalue weighted by molar-refractivity contribution is -0.387. The highest BCUT2D eigenvalue weighted by molar-refractivity contribution is 5.92. The lowest BCUT2D eigenvalue weighted by atomic mass is 10.2. The van der Waals surface area contributed by atoms with Crippen LogP contribution in [-0.2, 0) is 6.61 Å². The molecule has 0 aliphatic carbocycles. The van der Waals surface area contributed by atoms with E-state index in [4.69, 9.17) is 10.5 Å². The first kappa shape index (κ1) is 14.4. The number of hydrogen-bond acceptors (Lipinski definition) is 4. The minimum atomic E-state index is -0.912. The normalized spacial score (nSPS) is 10.1. The number of benzene rings is 2. The highest BCUT2D eigenvalue weighted by atomic mass is 19.1. The smallest absolute Gasteiger partial charge is 0.304 e. The van der Waals surface area contributed by atoms with E-state index < -0.39 is 22.3 Å². The molecule has 7 heteroatoms. The molecule has 6 nitrogen and oxygen atoms in total. The molecule has 2 aromatic carbocycles. The Bertz CT molecular complexity index is 686. The van der Waals surface area contributed by atoms with Crippen molar-refractivity contribution in [1.29, 1.82) is 0 Å². The summed E-state index contributed by atoms with van der Waals surface area (Å²) in [5.74, 6) is -0.983. The summed E-state index contributed by atoms with van der Waals surface area (Å²) in [5.41, 5.74) is 5.33. The molecule has 0 unspecified atom stereocenters. The van der Waals surface area contributed by atoms with E-state index in [0.29, 0.717) is 16.9 Å². The van der Waals surface area contributed by atoms with E-state index >= 15 is 0 Å². The molecule has 0 heterocycles. The van der Waals surface area contributed by atoms with Gasteiger partial charge >= 0.3 is 5.69 Å². The second-order valence-electron chi connectivity index (χ2n) is 4.22. The van der Waals surface area contributed by atoms with Crippen molar-refractivity contribution < 1.29 is 18.8 Å². The SMILES string of the molecule is NC(=O)c1ccc(OCc2ccc([N+](=O)[O-])c(F)c2)cc1. The van der Waals surface area contributed by atoms with Crippen molar-refractivity contribution in [1.82, 2.24) is 0 Å². The summed E-state index contributed by atoms with van der Waals surface area (Å²) in [6.07, 6.45) is 0. The molecule has 0 saturated carbocycles. The quantitative estimate of drug-likeness (QED) is 0.675. The van der Waals surface area contributed by atoms with E-state index in [2.05, 4.69) is 0 Å². The molecule has 0 bridgehead atoms. The summed E-state index contributed by atoms with van der Waals surface area (Å²) >= 11 is 0. The molecule has 2 N–H and O–H groups in total. The Kier molecular flexibility index (Phi) is 4.13. The number of nitrogens with zero attached hydrogens (tertiary/aromatic N) is 1. The van der Waals surface area contributed by atoms with E-state index in [9.17, 15) is 19.3 Å². The predicted octanol–water partition coefficient (Wildman–Crippen LogP) is 2.41. The van der Waals surface area contributed by atoms with Crippen molar-refractivity contribution in [3.8, 4) is 5.75 Å². The molecule has 2 rings (SSSR count). The molecule has 1 amide bonds. The number of amides is 1. The molecule has 0 atom stereocenters. The minimum absolute atomic E-state index is 0.0465. The van der Waals surface area contributed by atoms with E-state index in [1.165, 1.54) is 18.2 Å². The minimum Gasteiger partial charge on any atom is -0.489 e. The van der Waals surface area contributed by atoms with Crippen molar-refractivity contribution in [3.63, 3.8) is 0 Å². The molecule has 0 aliphatic heterocycles. The van der Waals surface area contributed by atoms with Crippen LogP contribution in [-0.4, -0.2) is 10.8 Å². The summed E-state index contributed by atoms with van der Waals surface area (Å²) in [6.45, 7) is 0.0465. The fourth-order valence-corrected chi connectivity index (χ4v) is 1.67. The Morgan fingerprint density at radius 1 is 1.24 bits per heavy atom. The molecular formula is C14H11FN2O4. The average Bonchev–Trinajstić information content (AvgIpc) is 2.45. The Morgan fingerprint density at radius 2 is 1.90 bits per heavy atom. The Hall–Kier alpha value is -2.96. The number of nitrogens with two attached hydrogens (primary N) is 1. The molecule has 0 fully saturated rings. The third-order valence-electron chi connectivity index (χ3n) is 2.75. The van der Waals surface area contributed by atoms with Crippen LogP contribution >= 0.6 is 0 Å². The summed E-state index contributed by atoms with van der Waals surface area (Å²) in [5, 5.41) is 10.5. The number of rotatable bonds is 5. The monoisotopic (exact) mass is 290 g/mol. The fraction of sp³-hybridized carbons (Fsp3) is 0.0714. The van der Waals surface area contributed by atoms with Gasteiger partial charge in [-0.05, 0) is 42.0 Å². The number of hydrogen-bond donors (Lipinski definition) is 1. The van der Waals surface area contributed by atoms with Crippen LogP contribution in [0.3, 0.4) is 0 Å². The highest BCUT2D eigenvalue weighted by Crippen LogP contribution is 2.19. The second kappa shape index (κ2) is 6.00. The molecule has 2 aromatic rings. The van der Waals surface area contributed by atoms with Gasteiger partial charge in [0.05, 0.1) is 4.92 Å². The van der Waals surface area contributed by atoms with Crippen molar-refractivity contribution in [3.05, 3.63) is 69.5 Å². The summed E-state index contributed by atoms with van der Waals surface area (Å²) in [4.78, 5) is 20.6. The zero-order valence-electron chi connectivity index (χ0n) is 10.8. The van der Waals surface area contributed by atoms with Crippen LogP contribution in [0, 0.1) is 15.9 Å². The Morgan fingerprint density at radius 3 is 2.43 bits per heavy atom. The maximum absolute atomic E-state index is 13.4. The van der Waals surface area contributed by atoms with E-state index in [1.807, 2.05) is 0 Å². The number of nitro benzene ring substituents is 1. The topological polar surface area (TPSA) is 95.5 Å². The third kappa shape index (κ3) is 3.53. The summed E-state index contributed by atoms with van der Waals surface area (Å²) in [7, 11) is 0. The van der Waals surface area contributed by atoms with Gasteiger partial charge in [-0.2, -0.15) is 4.39 Å². The van der Waals surface area contributed by atoms with Gasteiger partial charge in [-0.1, -0.05) is 0 Å². The lowest BCUT2D eigenvalue weighted by Crippen LogP contribution is -2.10. The summed E-state index contributed by atoms with van der Waals surface area (Å²) in [6, 6.07) is 9.69. The van der Waals surface area contributed by atoms with E-state index in [-0.39, 0.29) is 6.61 Å². The largest absolute Gasteiger partial charge is 0.489 e. The average molecular weight is 290 g/mol. The third-order valence-corrected chi connectivity index (χ3v) is 2.75. The number of halogens is 1. The zero-order valence-corrected chi connectivity index (χ0v) is 10.8. The maximum atomic E-state index is 13.4. The van der Waals surface area contributed by atoms with Crippen LogP contribution in [0.2, 0.25) is 0 Å². The second-order valence-corrected chi connectivity index (χ2v) is 4.22. The van der Waals surface area contributed by atoms with Crippen molar-refractivity contribution in [2.75, 3.05) is 0 Å². The zero-order chi connectivity index (χ0) is 15.4. The predicted molar refractivity (Wildman–Crippen MR) is 72.3 cm³/mol. The molecule has 108 valence electrons. The molecule has 0 radical (unpaired) electrons. The molecular weight excluding hydrogens is 279 g/mol. The maximum Gasteiger partial charge on any atom is 0.304 e. The van der Waals surface area contributed by atoms with Crippen molar-refractivity contribution in [2.24, 2.45) is 5.73 Å². The summed E-state index contributed by atoms with van der Waals surface area (Å²) < 4.78 is 18.8. The van der Waals surface area contributed by atoms with E-state index in [1.54, 1.807) is 12.1 Å². The van der Waals surface area contributed by atoms with Crippen LogP contribution in [0.4, 0.5) is 10.1 Å². The van der Waals surface area contributed by atoms with Crippen LogP contribution in [0.15, 0.2) is 42.5 Å². The van der Waals surface area contributed by atoms with Gasteiger partial charge in [0.25, 0.3) is 0 Å². The van der Waals surface area contributed by atoms with Gasteiger partial charge in [0.1, 0.15) is 12.4 Å². The van der Waals surface area contributed by atoms with Crippen LogP contribution in [0.5, 0.6) is 5.75 Å².